The third-order valence-electron chi connectivity index (χ3n) is 1.92. The summed E-state index contributed by atoms with van der Waals surface area (Å²) in [5.74, 6) is -0.208. The van der Waals surface area contributed by atoms with Crippen molar-refractivity contribution in [3.8, 4) is 0 Å². The molecule has 88 valence electrons. The van der Waals surface area contributed by atoms with Crippen LogP contribution in [0.4, 0.5) is 5.13 Å². The van der Waals surface area contributed by atoms with Crippen LogP contribution in [0.25, 0.3) is 0 Å². The quantitative estimate of drug-likeness (QED) is 0.870. The van der Waals surface area contributed by atoms with Crippen LogP contribution in [0.15, 0.2) is 27.1 Å². The highest BCUT2D eigenvalue weighted by Crippen LogP contribution is 2.23. The molecule has 1 N–H and O–H groups in total. The molecule has 17 heavy (non-hydrogen) atoms. The Bertz CT molecular complexity index is 570. The van der Waals surface area contributed by atoms with E-state index in [-0.39, 0.29) is 5.91 Å². The molecule has 1 aromatic carbocycles. The number of amides is 1. The second-order valence-corrected chi connectivity index (χ2v) is 6.16. The van der Waals surface area contributed by atoms with Gasteiger partial charge in [0.1, 0.15) is 5.01 Å². The average molecular weight is 377 g/mol. The van der Waals surface area contributed by atoms with Gasteiger partial charge in [-0.3, -0.25) is 10.1 Å². The number of hydrogen-bond acceptors (Lipinski definition) is 4. The molecule has 0 atom stereocenters. The lowest BCUT2D eigenvalue weighted by Gasteiger charge is -2.04. The molecule has 1 aromatic heterocycles. The number of carbonyl (C=O) groups excluding carboxylic acids is 1. The van der Waals surface area contributed by atoms with E-state index in [1.54, 1.807) is 6.07 Å². The molecule has 0 unspecified atom stereocenters. The van der Waals surface area contributed by atoms with Crippen molar-refractivity contribution < 1.29 is 4.79 Å². The van der Waals surface area contributed by atoms with Gasteiger partial charge in [-0.2, -0.15) is 0 Å². The average Bonchev–Trinajstić information content (AvgIpc) is 2.63. The fourth-order valence-corrected chi connectivity index (χ4v) is 3.00. The van der Waals surface area contributed by atoms with Crippen LogP contribution < -0.4 is 5.32 Å². The van der Waals surface area contributed by atoms with Gasteiger partial charge in [0, 0.05) is 8.95 Å². The number of rotatable bonds is 2. The summed E-state index contributed by atoms with van der Waals surface area (Å²) in [7, 11) is 0. The van der Waals surface area contributed by atoms with Gasteiger partial charge in [-0.1, -0.05) is 27.3 Å². The number of benzene rings is 1. The van der Waals surface area contributed by atoms with E-state index in [2.05, 4.69) is 47.4 Å². The number of nitrogens with zero attached hydrogens (tertiary/aromatic N) is 2. The number of carbonyl (C=O) groups is 1. The first-order valence-corrected chi connectivity index (χ1v) is 7.03. The van der Waals surface area contributed by atoms with E-state index >= 15 is 0 Å². The minimum atomic E-state index is -0.208. The fraction of sp³-hybridized carbons (Fsp3) is 0.100. The highest BCUT2D eigenvalue weighted by molar-refractivity contribution is 9.11. The first-order chi connectivity index (χ1) is 8.06. The second-order valence-electron chi connectivity index (χ2n) is 3.20. The minimum absolute atomic E-state index is 0.208. The molecular weight excluding hydrogens is 370 g/mol. The van der Waals surface area contributed by atoms with Crippen LogP contribution in [-0.2, 0) is 0 Å². The molecule has 0 aliphatic carbocycles. The molecule has 0 bridgehead atoms. The Hall–Kier alpha value is -0.790. The summed E-state index contributed by atoms with van der Waals surface area (Å²) in [4.78, 5) is 11.9. The van der Waals surface area contributed by atoms with E-state index in [0.29, 0.717) is 10.7 Å². The molecule has 0 aliphatic heterocycles. The van der Waals surface area contributed by atoms with Crippen LogP contribution in [0.2, 0.25) is 0 Å². The zero-order valence-corrected chi connectivity index (χ0v) is 12.7. The molecule has 0 aliphatic rings. The van der Waals surface area contributed by atoms with Gasteiger partial charge in [-0.25, -0.2) is 0 Å². The van der Waals surface area contributed by atoms with Gasteiger partial charge in [0.2, 0.25) is 5.13 Å². The van der Waals surface area contributed by atoms with Crippen LogP contribution in [0.5, 0.6) is 0 Å². The van der Waals surface area contributed by atoms with E-state index in [0.717, 1.165) is 14.0 Å². The maximum Gasteiger partial charge on any atom is 0.258 e. The van der Waals surface area contributed by atoms with Crippen molar-refractivity contribution >= 4 is 54.2 Å². The summed E-state index contributed by atoms with van der Waals surface area (Å²) in [6.45, 7) is 1.84. The third-order valence-corrected chi connectivity index (χ3v) is 3.83. The Balaban J connectivity index is 2.20. The van der Waals surface area contributed by atoms with Crippen molar-refractivity contribution in [1.82, 2.24) is 10.2 Å². The van der Waals surface area contributed by atoms with E-state index in [9.17, 15) is 4.79 Å². The molecule has 1 heterocycles. The summed E-state index contributed by atoms with van der Waals surface area (Å²) in [6.07, 6.45) is 0. The van der Waals surface area contributed by atoms with Crippen molar-refractivity contribution in [2.45, 2.75) is 6.92 Å². The molecule has 2 aromatic rings. The van der Waals surface area contributed by atoms with Crippen molar-refractivity contribution in [3.63, 3.8) is 0 Å². The Labute approximate surface area is 119 Å². The number of aromatic nitrogens is 2. The SMILES string of the molecule is Cc1nnc(NC(=O)c2ccc(Br)cc2Br)s1. The molecule has 0 saturated carbocycles. The lowest BCUT2D eigenvalue weighted by Crippen LogP contribution is -2.12. The van der Waals surface area contributed by atoms with E-state index in [1.807, 2.05) is 19.1 Å². The fourth-order valence-electron chi connectivity index (χ4n) is 1.19. The summed E-state index contributed by atoms with van der Waals surface area (Å²) in [5, 5.41) is 11.7. The van der Waals surface area contributed by atoms with Gasteiger partial charge >= 0.3 is 0 Å². The first kappa shape index (κ1) is 12.7. The predicted molar refractivity (Wildman–Crippen MR) is 74.4 cm³/mol. The standard InChI is InChI=1S/C10H7Br2N3OS/c1-5-14-15-10(17-5)13-9(16)7-3-2-6(11)4-8(7)12/h2-4H,1H3,(H,13,15,16). The van der Waals surface area contributed by atoms with Gasteiger partial charge in [0.15, 0.2) is 0 Å². The molecule has 0 saturated heterocycles. The Morgan fingerprint density at radius 3 is 2.71 bits per heavy atom. The van der Waals surface area contributed by atoms with Gasteiger partial charge in [-0.05, 0) is 41.1 Å². The molecule has 0 radical (unpaired) electrons. The van der Waals surface area contributed by atoms with Crippen LogP contribution in [0.1, 0.15) is 15.4 Å². The number of anilines is 1. The molecule has 2 rings (SSSR count). The first-order valence-electron chi connectivity index (χ1n) is 4.63. The number of halogens is 2. The Morgan fingerprint density at radius 2 is 2.12 bits per heavy atom. The molecule has 7 heteroatoms. The van der Waals surface area contributed by atoms with Crippen LogP contribution in [0.3, 0.4) is 0 Å². The summed E-state index contributed by atoms with van der Waals surface area (Å²) < 4.78 is 1.64. The van der Waals surface area contributed by atoms with E-state index < -0.39 is 0 Å². The summed E-state index contributed by atoms with van der Waals surface area (Å²) in [6, 6.07) is 5.36. The summed E-state index contributed by atoms with van der Waals surface area (Å²) in [5.41, 5.74) is 0.557. The highest BCUT2D eigenvalue weighted by Gasteiger charge is 2.12. The van der Waals surface area contributed by atoms with Gasteiger partial charge in [0.25, 0.3) is 5.91 Å². The largest absolute Gasteiger partial charge is 0.296 e. The van der Waals surface area contributed by atoms with Crippen molar-refractivity contribution in [1.29, 1.82) is 0 Å². The monoisotopic (exact) mass is 375 g/mol. The Morgan fingerprint density at radius 1 is 1.35 bits per heavy atom. The lowest BCUT2D eigenvalue weighted by atomic mass is 10.2. The number of nitrogens with one attached hydrogen (secondary N) is 1. The van der Waals surface area contributed by atoms with E-state index in [1.165, 1.54) is 11.3 Å². The summed E-state index contributed by atoms with van der Waals surface area (Å²) >= 11 is 8.02. The van der Waals surface area contributed by atoms with Gasteiger partial charge < -0.3 is 0 Å². The zero-order chi connectivity index (χ0) is 12.4. The smallest absolute Gasteiger partial charge is 0.258 e. The zero-order valence-electron chi connectivity index (χ0n) is 8.70. The number of aryl methyl sites for hydroxylation is 1. The third kappa shape index (κ3) is 3.11. The van der Waals surface area contributed by atoms with Crippen LogP contribution in [0, 0.1) is 6.92 Å². The minimum Gasteiger partial charge on any atom is -0.296 e. The topological polar surface area (TPSA) is 54.9 Å². The molecular formula is C10H7Br2N3OS. The molecule has 1 amide bonds. The van der Waals surface area contributed by atoms with Gasteiger partial charge in [0.05, 0.1) is 5.56 Å². The second kappa shape index (κ2) is 5.24. The van der Waals surface area contributed by atoms with E-state index in [4.69, 9.17) is 0 Å². The highest BCUT2D eigenvalue weighted by atomic mass is 79.9. The molecule has 0 spiro atoms. The normalized spacial score (nSPS) is 10.3. The maximum atomic E-state index is 11.9. The lowest BCUT2D eigenvalue weighted by molar-refractivity contribution is 0.102. The van der Waals surface area contributed by atoms with Crippen molar-refractivity contribution in [2.75, 3.05) is 5.32 Å². The number of hydrogen-bond donors (Lipinski definition) is 1. The van der Waals surface area contributed by atoms with Crippen LogP contribution in [-0.4, -0.2) is 16.1 Å². The van der Waals surface area contributed by atoms with Crippen molar-refractivity contribution in [2.24, 2.45) is 0 Å². The van der Waals surface area contributed by atoms with Crippen molar-refractivity contribution in [3.05, 3.63) is 37.7 Å². The maximum absolute atomic E-state index is 11.9. The predicted octanol–water partition coefficient (Wildman–Crippen LogP) is 3.62. The molecule has 4 nitrogen and oxygen atoms in total. The van der Waals surface area contributed by atoms with Crippen LogP contribution >= 0.6 is 43.2 Å². The Kier molecular flexibility index (Phi) is 3.90. The molecule has 0 fully saturated rings. The van der Waals surface area contributed by atoms with Gasteiger partial charge in [-0.15, -0.1) is 10.2 Å².